The summed E-state index contributed by atoms with van der Waals surface area (Å²) >= 11 is 0. The molecule has 0 saturated heterocycles. The molecule has 4 aromatic carbocycles. The molecule has 21 heteroatoms. The highest BCUT2D eigenvalue weighted by atomic mass is 32.2. The first kappa shape index (κ1) is 54.4. The number of amides is 1. The number of benzene rings is 4. The van der Waals surface area contributed by atoms with Crippen molar-refractivity contribution in [2.24, 2.45) is 0 Å². The normalized spacial score (nSPS) is 12.0. The summed E-state index contributed by atoms with van der Waals surface area (Å²) in [7, 11) is -7.32. The molecule has 1 amide bonds. The lowest BCUT2D eigenvalue weighted by molar-refractivity contribution is 0.0599. The van der Waals surface area contributed by atoms with Gasteiger partial charge in [-0.05, 0) is 107 Å². The van der Waals surface area contributed by atoms with E-state index in [9.17, 15) is 36.1 Å². The zero-order valence-electron chi connectivity index (χ0n) is 37.2. The maximum absolute atomic E-state index is 13.2. The summed E-state index contributed by atoms with van der Waals surface area (Å²) in [4.78, 5) is 33.6. The molecular formula is C45H56N3O15PS2. The van der Waals surface area contributed by atoms with Crippen molar-refractivity contribution in [2.45, 2.75) is 76.3 Å². The van der Waals surface area contributed by atoms with Crippen LogP contribution in [0.25, 0.3) is 0 Å². The quantitative estimate of drug-likeness (QED) is 0.0579. The molecule has 0 aliphatic heterocycles. The Kier molecular flexibility index (Phi) is 19.8. The number of nitrogens with one attached hydrogen (secondary N) is 1. The molecule has 0 radical (unpaired) electrons. The van der Waals surface area contributed by atoms with E-state index in [4.69, 9.17) is 28.0 Å². The van der Waals surface area contributed by atoms with Gasteiger partial charge in [0.15, 0.2) is 25.5 Å². The second-order valence-electron chi connectivity index (χ2n) is 14.9. The molecule has 0 unspecified atom stereocenters. The molecule has 2 N–H and O–H groups in total. The van der Waals surface area contributed by atoms with E-state index in [0.29, 0.717) is 29.5 Å². The Labute approximate surface area is 385 Å². The predicted molar refractivity (Wildman–Crippen MR) is 248 cm³/mol. The van der Waals surface area contributed by atoms with E-state index in [1.807, 2.05) is 6.92 Å². The molecule has 1 atom stereocenters. The van der Waals surface area contributed by atoms with Crippen molar-refractivity contribution < 1.29 is 68.8 Å². The largest absolute Gasteiger partial charge is 0.508 e. The third kappa shape index (κ3) is 17.5. The molecule has 0 aliphatic carbocycles. The first-order valence-corrected chi connectivity index (χ1v) is 25.2. The van der Waals surface area contributed by atoms with Gasteiger partial charge in [-0.3, -0.25) is 14.3 Å². The van der Waals surface area contributed by atoms with Gasteiger partial charge in [0.25, 0.3) is 5.91 Å². The Bertz CT molecular complexity index is 2670. The van der Waals surface area contributed by atoms with Crippen molar-refractivity contribution in [1.82, 2.24) is 9.97 Å². The van der Waals surface area contributed by atoms with Gasteiger partial charge in [-0.25, -0.2) is 26.6 Å². The fraction of sp³-hybridized carbons (Fsp3) is 0.333. The fourth-order valence-corrected chi connectivity index (χ4v) is 8.93. The van der Waals surface area contributed by atoms with E-state index >= 15 is 0 Å². The van der Waals surface area contributed by atoms with E-state index in [0.717, 1.165) is 12.5 Å². The number of hydrogen-bond donors (Lipinski definition) is 2. The van der Waals surface area contributed by atoms with Crippen molar-refractivity contribution >= 4 is 45.0 Å². The number of aromatic hydroxyl groups is 1. The highest BCUT2D eigenvalue weighted by molar-refractivity contribution is 7.91. The van der Waals surface area contributed by atoms with E-state index in [2.05, 4.69) is 20.0 Å². The van der Waals surface area contributed by atoms with Gasteiger partial charge in [0.05, 0.1) is 65.5 Å². The first-order chi connectivity index (χ1) is 30.4. The Hall–Kier alpha value is -5.89. The zero-order chi connectivity index (χ0) is 48.1. The number of hydrogen-bond acceptors (Lipinski definition) is 17. The standard InChI is InChI=1S/C29H38N3O9PS.C15H14O6S.CH4/c1-19(2)40-42(34,41-20(3)4)18-23-15-31-28(16-30-23)32-29(33)22-12-25(38-21(5)17-37-6)14-26(13-22)39-24-8-10-27(11-9-24)43(7,35)36;1-20-15(17)10-7-11(16)9-13(8-10)21-12-3-5-14(6-4-12)22(2,18)19;/h8-16,19-21H,17-18H2,1-7H3,(H,31,32,33);3-9,16H,1-2H3;1H4/t21-;;/m0../s1. The number of ether oxygens (including phenoxy) is 5. The molecule has 0 saturated carbocycles. The monoisotopic (exact) mass is 973 g/mol. The maximum Gasteiger partial charge on any atom is 0.338 e. The highest BCUT2D eigenvalue weighted by Gasteiger charge is 2.29. The minimum atomic E-state index is -3.47. The molecule has 0 spiro atoms. The molecule has 0 fully saturated rings. The molecule has 66 heavy (non-hydrogen) atoms. The summed E-state index contributed by atoms with van der Waals surface area (Å²) in [5, 5.41) is 12.3. The van der Waals surface area contributed by atoms with E-state index < -0.39 is 39.1 Å². The Balaban J connectivity index is 0.000000421. The number of carbonyl (C=O) groups excluding carboxylic acids is 2. The third-order valence-corrected chi connectivity index (χ3v) is 12.7. The number of phenols is 1. The number of phenolic OH excluding ortho intramolecular Hbond substituents is 1. The van der Waals surface area contributed by atoms with E-state index in [-0.39, 0.29) is 75.9 Å². The minimum absolute atomic E-state index is 0. The van der Waals surface area contributed by atoms with Gasteiger partial charge in [0, 0.05) is 37.3 Å². The molecular weight excluding hydrogens is 918 g/mol. The van der Waals surface area contributed by atoms with Gasteiger partial charge in [0.2, 0.25) is 0 Å². The van der Waals surface area contributed by atoms with Crippen LogP contribution in [0.5, 0.6) is 34.5 Å². The van der Waals surface area contributed by atoms with Crippen LogP contribution in [0.4, 0.5) is 5.82 Å². The Morgan fingerprint density at radius 1 is 0.682 bits per heavy atom. The van der Waals surface area contributed by atoms with Crippen LogP contribution < -0.4 is 19.5 Å². The zero-order valence-corrected chi connectivity index (χ0v) is 39.7. The molecule has 1 heterocycles. The molecule has 0 aliphatic rings. The van der Waals surface area contributed by atoms with Crippen LogP contribution in [-0.2, 0) is 48.9 Å². The number of anilines is 1. The van der Waals surface area contributed by atoms with Gasteiger partial charge in [-0.1, -0.05) is 7.43 Å². The number of aromatic nitrogens is 2. The van der Waals surface area contributed by atoms with Crippen LogP contribution >= 0.6 is 7.60 Å². The number of esters is 1. The van der Waals surface area contributed by atoms with Crippen LogP contribution in [0, 0.1) is 0 Å². The lowest BCUT2D eigenvalue weighted by Gasteiger charge is -2.22. The van der Waals surface area contributed by atoms with Crippen molar-refractivity contribution in [3.05, 3.63) is 114 Å². The van der Waals surface area contributed by atoms with Gasteiger partial charge < -0.3 is 43.2 Å². The average molecular weight is 974 g/mol. The number of carbonyl (C=O) groups is 2. The lowest BCUT2D eigenvalue weighted by Crippen LogP contribution is -2.19. The molecule has 5 rings (SSSR count). The first-order valence-electron chi connectivity index (χ1n) is 19.7. The Morgan fingerprint density at radius 2 is 1.18 bits per heavy atom. The van der Waals surface area contributed by atoms with Gasteiger partial charge >= 0.3 is 13.6 Å². The summed E-state index contributed by atoms with van der Waals surface area (Å²) in [5.74, 6) is 0.499. The smallest absolute Gasteiger partial charge is 0.338 e. The number of rotatable bonds is 19. The summed E-state index contributed by atoms with van der Waals surface area (Å²) in [6.07, 6.45) is 3.97. The second kappa shape index (κ2) is 24.0. The van der Waals surface area contributed by atoms with Crippen molar-refractivity contribution in [3.8, 4) is 34.5 Å². The van der Waals surface area contributed by atoms with Crippen LogP contribution in [0.15, 0.2) is 107 Å². The minimum Gasteiger partial charge on any atom is -0.508 e. The topological polar surface area (TPSA) is 242 Å². The van der Waals surface area contributed by atoms with Crippen LogP contribution in [0.1, 0.15) is 68.5 Å². The molecule has 1 aromatic heterocycles. The van der Waals surface area contributed by atoms with Gasteiger partial charge in [0.1, 0.15) is 40.6 Å². The van der Waals surface area contributed by atoms with Gasteiger partial charge in [-0.2, -0.15) is 0 Å². The number of nitrogens with zero attached hydrogens (tertiary/aromatic N) is 2. The summed E-state index contributed by atoms with van der Waals surface area (Å²) in [5.41, 5.74) is 0.726. The predicted octanol–water partition coefficient (Wildman–Crippen LogP) is 8.89. The molecule has 5 aromatic rings. The maximum atomic E-state index is 13.2. The summed E-state index contributed by atoms with van der Waals surface area (Å²) < 4.78 is 97.7. The van der Waals surface area contributed by atoms with Crippen molar-refractivity contribution in [2.75, 3.05) is 38.7 Å². The van der Waals surface area contributed by atoms with Crippen LogP contribution in [0.3, 0.4) is 0 Å². The lowest BCUT2D eigenvalue weighted by atomic mass is 10.2. The SMILES string of the molecule is C.COC(=O)c1cc(O)cc(Oc2ccc(S(C)(=O)=O)cc2)c1.COC[C@H](C)Oc1cc(Oc2ccc(S(C)(=O)=O)cc2)cc(C(=O)Nc2cnc(CP(=O)(OC(C)C)OC(C)C)cn2)c1. The van der Waals surface area contributed by atoms with E-state index in [1.54, 1.807) is 46.9 Å². The summed E-state index contributed by atoms with van der Waals surface area (Å²) in [6.45, 7) is 9.20. The molecule has 358 valence electrons. The number of sulfone groups is 2. The average Bonchev–Trinajstić information content (AvgIpc) is 3.20. The molecule has 18 nitrogen and oxygen atoms in total. The second-order valence-corrected chi connectivity index (χ2v) is 20.9. The molecule has 0 bridgehead atoms. The Morgan fingerprint density at radius 3 is 1.64 bits per heavy atom. The van der Waals surface area contributed by atoms with Crippen molar-refractivity contribution in [1.29, 1.82) is 0 Å². The van der Waals surface area contributed by atoms with Crippen LogP contribution in [0.2, 0.25) is 0 Å². The highest BCUT2D eigenvalue weighted by Crippen LogP contribution is 2.53. The number of methoxy groups -OCH3 is 2. The van der Waals surface area contributed by atoms with E-state index in [1.165, 1.54) is 92.3 Å². The van der Waals surface area contributed by atoms with Gasteiger partial charge in [-0.15, -0.1) is 0 Å². The third-order valence-electron chi connectivity index (χ3n) is 8.21. The van der Waals surface area contributed by atoms with Crippen LogP contribution in [-0.4, -0.2) is 95.4 Å². The van der Waals surface area contributed by atoms with Crippen molar-refractivity contribution in [3.63, 3.8) is 0 Å². The fourth-order valence-electron chi connectivity index (χ4n) is 5.62. The summed E-state index contributed by atoms with van der Waals surface area (Å²) in [6, 6.07) is 20.4.